The standard InChI is InChI=1S/C29H20F3NO2S/c1-36(34,35)26-16-6-5-14-23(26)20-11-7-12-21(17-20)27-24(19-9-3-2-4-10-19)18-22-13-8-15-25(28(22)33-27)29(30,31)32/h2-18H,1H3. The van der Waals surface area contributed by atoms with Crippen LogP contribution in [0.25, 0.3) is 44.4 Å². The second kappa shape index (κ2) is 8.91. The molecule has 0 aliphatic heterocycles. The van der Waals surface area contributed by atoms with Crippen molar-refractivity contribution in [3.8, 4) is 33.5 Å². The lowest BCUT2D eigenvalue weighted by Gasteiger charge is -2.16. The van der Waals surface area contributed by atoms with Crippen molar-refractivity contribution in [1.82, 2.24) is 4.98 Å². The molecule has 0 aliphatic rings. The minimum Gasteiger partial charge on any atom is -0.247 e. The van der Waals surface area contributed by atoms with Crippen LogP contribution >= 0.6 is 0 Å². The molecule has 180 valence electrons. The normalized spacial score (nSPS) is 12.1. The summed E-state index contributed by atoms with van der Waals surface area (Å²) in [6.45, 7) is 0. The molecule has 0 fully saturated rings. The van der Waals surface area contributed by atoms with Crippen LogP contribution in [0.2, 0.25) is 0 Å². The zero-order valence-corrected chi connectivity index (χ0v) is 19.9. The Kier molecular flexibility index (Phi) is 5.88. The third-order valence-corrected chi connectivity index (χ3v) is 7.12. The summed E-state index contributed by atoms with van der Waals surface area (Å²) in [6, 6.07) is 28.8. The fourth-order valence-corrected chi connectivity index (χ4v) is 5.26. The van der Waals surface area contributed by atoms with Crippen molar-refractivity contribution in [1.29, 1.82) is 0 Å². The van der Waals surface area contributed by atoms with Gasteiger partial charge in [-0.25, -0.2) is 13.4 Å². The average Bonchev–Trinajstić information content (AvgIpc) is 2.87. The summed E-state index contributed by atoms with van der Waals surface area (Å²) < 4.78 is 66.2. The van der Waals surface area contributed by atoms with E-state index in [9.17, 15) is 21.6 Å². The molecule has 0 atom stereocenters. The first-order valence-corrected chi connectivity index (χ1v) is 13.0. The van der Waals surface area contributed by atoms with Gasteiger partial charge in [-0.2, -0.15) is 13.2 Å². The highest BCUT2D eigenvalue weighted by molar-refractivity contribution is 7.90. The fraction of sp³-hybridized carbons (Fsp3) is 0.0690. The van der Waals surface area contributed by atoms with Gasteiger partial charge >= 0.3 is 6.18 Å². The molecule has 5 rings (SSSR count). The summed E-state index contributed by atoms with van der Waals surface area (Å²) in [7, 11) is -3.50. The van der Waals surface area contributed by atoms with Gasteiger partial charge in [0.1, 0.15) is 0 Å². The van der Waals surface area contributed by atoms with Gasteiger partial charge in [0.05, 0.1) is 21.7 Å². The van der Waals surface area contributed by atoms with E-state index in [4.69, 9.17) is 0 Å². The Morgan fingerprint density at radius 2 is 1.31 bits per heavy atom. The number of hydrogen-bond acceptors (Lipinski definition) is 3. The van der Waals surface area contributed by atoms with E-state index in [1.807, 2.05) is 30.3 Å². The fourth-order valence-electron chi connectivity index (χ4n) is 4.35. The van der Waals surface area contributed by atoms with Crippen molar-refractivity contribution in [3.05, 3.63) is 109 Å². The Bertz CT molecular complexity index is 1700. The summed E-state index contributed by atoms with van der Waals surface area (Å²) in [6.07, 6.45) is -3.42. The first-order chi connectivity index (χ1) is 17.1. The number of pyridine rings is 1. The Balaban J connectivity index is 1.80. The predicted molar refractivity (Wildman–Crippen MR) is 136 cm³/mol. The number of sulfone groups is 1. The molecule has 5 aromatic rings. The van der Waals surface area contributed by atoms with Gasteiger partial charge < -0.3 is 0 Å². The molecule has 0 saturated heterocycles. The molecular formula is C29H20F3NO2S. The van der Waals surface area contributed by atoms with Crippen LogP contribution in [0.5, 0.6) is 0 Å². The largest absolute Gasteiger partial charge is 0.418 e. The number of benzene rings is 4. The van der Waals surface area contributed by atoms with Gasteiger partial charge in [-0.05, 0) is 35.4 Å². The average molecular weight is 504 g/mol. The van der Waals surface area contributed by atoms with E-state index >= 15 is 0 Å². The molecule has 0 bridgehead atoms. The zero-order valence-electron chi connectivity index (χ0n) is 19.1. The highest BCUT2D eigenvalue weighted by Gasteiger charge is 2.33. The van der Waals surface area contributed by atoms with Gasteiger partial charge in [-0.3, -0.25) is 0 Å². The van der Waals surface area contributed by atoms with Gasteiger partial charge in [-0.1, -0.05) is 78.9 Å². The number of aromatic nitrogens is 1. The van der Waals surface area contributed by atoms with Crippen LogP contribution in [0.1, 0.15) is 5.56 Å². The molecule has 0 aliphatic carbocycles. The van der Waals surface area contributed by atoms with Crippen LogP contribution in [0.4, 0.5) is 13.2 Å². The predicted octanol–water partition coefficient (Wildman–Crippen LogP) is 7.66. The highest BCUT2D eigenvalue weighted by atomic mass is 32.2. The van der Waals surface area contributed by atoms with Crippen molar-refractivity contribution in [2.45, 2.75) is 11.1 Å². The van der Waals surface area contributed by atoms with Crippen molar-refractivity contribution >= 4 is 20.7 Å². The molecule has 36 heavy (non-hydrogen) atoms. The maximum atomic E-state index is 13.8. The van der Waals surface area contributed by atoms with Gasteiger partial charge in [0, 0.05) is 28.3 Å². The van der Waals surface area contributed by atoms with E-state index in [1.54, 1.807) is 54.6 Å². The van der Waals surface area contributed by atoms with E-state index in [0.29, 0.717) is 33.3 Å². The van der Waals surface area contributed by atoms with Crippen LogP contribution in [-0.4, -0.2) is 19.7 Å². The molecule has 3 nitrogen and oxygen atoms in total. The Morgan fingerprint density at radius 3 is 2.03 bits per heavy atom. The summed E-state index contributed by atoms with van der Waals surface area (Å²) in [5.41, 5.74) is 2.63. The van der Waals surface area contributed by atoms with Gasteiger partial charge in [0.2, 0.25) is 0 Å². The lowest BCUT2D eigenvalue weighted by atomic mass is 9.94. The SMILES string of the molecule is CS(=O)(=O)c1ccccc1-c1cccc(-c2nc3c(C(F)(F)F)cccc3cc2-c2ccccc2)c1. The van der Waals surface area contributed by atoms with E-state index in [1.165, 1.54) is 12.1 Å². The van der Waals surface area contributed by atoms with Crippen LogP contribution in [-0.2, 0) is 16.0 Å². The molecule has 0 radical (unpaired) electrons. The number of alkyl halides is 3. The van der Waals surface area contributed by atoms with E-state index < -0.39 is 21.6 Å². The highest BCUT2D eigenvalue weighted by Crippen LogP contribution is 2.39. The lowest BCUT2D eigenvalue weighted by molar-refractivity contribution is -0.136. The Hall–Kier alpha value is -3.97. The molecule has 0 spiro atoms. The third-order valence-electron chi connectivity index (χ3n) is 5.97. The van der Waals surface area contributed by atoms with Crippen LogP contribution in [0, 0.1) is 0 Å². The molecule has 4 aromatic carbocycles. The molecule has 1 heterocycles. The summed E-state index contributed by atoms with van der Waals surface area (Å²) in [5, 5.41) is 0.381. The number of fused-ring (bicyclic) bond motifs is 1. The maximum Gasteiger partial charge on any atom is 0.418 e. The van der Waals surface area contributed by atoms with Gasteiger partial charge in [0.25, 0.3) is 0 Å². The maximum absolute atomic E-state index is 13.8. The number of halogens is 3. The minimum atomic E-state index is -4.56. The molecular weight excluding hydrogens is 483 g/mol. The monoisotopic (exact) mass is 503 g/mol. The summed E-state index contributed by atoms with van der Waals surface area (Å²) in [5.74, 6) is 0. The van der Waals surface area contributed by atoms with Crippen molar-refractivity contribution in [3.63, 3.8) is 0 Å². The summed E-state index contributed by atoms with van der Waals surface area (Å²) in [4.78, 5) is 4.73. The van der Waals surface area contributed by atoms with Crippen molar-refractivity contribution < 1.29 is 21.6 Å². The second-order valence-corrected chi connectivity index (χ2v) is 10.5. The molecule has 1 aromatic heterocycles. The smallest absolute Gasteiger partial charge is 0.247 e. The molecule has 0 unspecified atom stereocenters. The minimum absolute atomic E-state index is 0.137. The van der Waals surface area contributed by atoms with Gasteiger partial charge in [0.15, 0.2) is 9.84 Å². The van der Waals surface area contributed by atoms with Crippen molar-refractivity contribution in [2.24, 2.45) is 0 Å². The van der Waals surface area contributed by atoms with E-state index in [2.05, 4.69) is 4.98 Å². The number of nitrogens with zero attached hydrogens (tertiary/aromatic N) is 1. The van der Waals surface area contributed by atoms with Crippen LogP contribution in [0.15, 0.2) is 108 Å². The number of para-hydroxylation sites is 1. The Labute approximate surface area is 206 Å². The van der Waals surface area contributed by atoms with Crippen LogP contribution in [0.3, 0.4) is 0 Å². The topological polar surface area (TPSA) is 47.0 Å². The quantitative estimate of drug-likeness (QED) is 0.253. The molecule has 0 N–H and O–H groups in total. The van der Waals surface area contributed by atoms with E-state index in [0.717, 1.165) is 17.9 Å². The molecule has 0 amide bonds. The van der Waals surface area contributed by atoms with Gasteiger partial charge in [-0.15, -0.1) is 0 Å². The van der Waals surface area contributed by atoms with E-state index in [-0.39, 0.29) is 10.4 Å². The first kappa shape index (κ1) is 23.8. The van der Waals surface area contributed by atoms with Crippen LogP contribution < -0.4 is 0 Å². The molecule has 7 heteroatoms. The number of rotatable bonds is 4. The zero-order chi connectivity index (χ0) is 25.5. The first-order valence-electron chi connectivity index (χ1n) is 11.1. The second-order valence-electron chi connectivity index (χ2n) is 8.47. The Morgan fingerprint density at radius 1 is 0.667 bits per heavy atom. The summed E-state index contributed by atoms with van der Waals surface area (Å²) >= 11 is 0. The lowest BCUT2D eigenvalue weighted by Crippen LogP contribution is -2.07. The third kappa shape index (κ3) is 4.50. The van der Waals surface area contributed by atoms with Crippen molar-refractivity contribution in [2.75, 3.05) is 6.26 Å². The number of hydrogen-bond donors (Lipinski definition) is 0. The molecule has 0 saturated carbocycles.